The molecule has 0 saturated carbocycles. The Hall–Kier alpha value is -2.23. The van der Waals surface area contributed by atoms with Crippen LogP contribution in [-0.4, -0.2) is 37.2 Å². The van der Waals surface area contributed by atoms with Gasteiger partial charge in [0.15, 0.2) is 5.76 Å². The lowest BCUT2D eigenvalue weighted by molar-refractivity contribution is -0.129. The van der Waals surface area contributed by atoms with Crippen LogP contribution in [0, 0.1) is 6.92 Å². The van der Waals surface area contributed by atoms with Crippen LogP contribution in [0.2, 0.25) is 0 Å². The second-order valence-electron chi connectivity index (χ2n) is 6.05. The number of ether oxygens (including phenoxy) is 1. The third kappa shape index (κ3) is 2.19. The smallest absolute Gasteiger partial charge is 0.292 e. The van der Waals surface area contributed by atoms with Crippen molar-refractivity contribution in [2.75, 3.05) is 25.5 Å². The van der Waals surface area contributed by atoms with Gasteiger partial charge >= 0.3 is 0 Å². The summed E-state index contributed by atoms with van der Waals surface area (Å²) in [5.41, 5.74) is 2.81. The third-order valence-corrected chi connectivity index (χ3v) is 4.30. The second kappa shape index (κ2) is 5.20. The van der Waals surface area contributed by atoms with E-state index < -0.39 is 5.72 Å². The van der Waals surface area contributed by atoms with Crippen molar-refractivity contribution >= 4 is 17.7 Å². The average Bonchev–Trinajstić information content (AvgIpc) is 2.71. The van der Waals surface area contributed by atoms with Gasteiger partial charge in [0.2, 0.25) is 5.72 Å². The molecule has 4 nitrogen and oxygen atoms in total. The monoisotopic (exact) mass is 298 g/mol. The molecule has 1 atom stereocenters. The van der Waals surface area contributed by atoms with Crippen LogP contribution in [-0.2, 0) is 9.53 Å². The van der Waals surface area contributed by atoms with E-state index in [0.29, 0.717) is 12.3 Å². The molecular weight excluding hydrogens is 276 g/mol. The van der Waals surface area contributed by atoms with Crippen molar-refractivity contribution in [3.05, 3.63) is 47.2 Å². The van der Waals surface area contributed by atoms with Crippen molar-refractivity contribution in [2.45, 2.75) is 26.0 Å². The van der Waals surface area contributed by atoms with Gasteiger partial charge in [0.25, 0.3) is 5.91 Å². The molecule has 1 fully saturated rings. The molecule has 0 aromatic heterocycles. The van der Waals surface area contributed by atoms with Crippen LogP contribution in [0.1, 0.15) is 24.5 Å². The van der Waals surface area contributed by atoms with Crippen molar-refractivity contribution < 1.29 is 9.53 Å². The SMILES string of the molecule is CCN1C(=O)/C(=C\c2ccc(N(C)C)c(C)c2)OC12C=CC2. The molecule has 116 valence electrons. The summed E-state index contributed by atoms with van der Waals surface area (Å²) >= 11 is 0. The summed E-state index contributed by atoms with van der Waals surface area (Å²) in [4.78, 5) is 16.4. The molecule has 0 N–H and O–H groups in total. The van der Waals surface area contributed by atoms with Crippen LogP contribution in [0.5, 0.6) is 0 Å². The minimum absolute atomic E-state index is 0.0267. The van der Waals surface area contributed by atoms with Crippen LogP contribution >= 0.6 is 0 Å². The topological polar surface area (TPSA) is 32.8 Å². The molecule has 1 aliphatic heterocycles. The van der Waals surface area contributed by atoms with Crippen molar-refractivity contribution in [1.29, 1.82) is 0 Å². The van der Waals surface area contributed by atoms with Crippen LogP contribution in [0.15, 0.2) is 36.1 Å². The summed E-state index contributed by atoms with van der Waals surface area (Å²) in [6.07, 6.45) is 6.62. The fourth-order valence-corrected chi connectivity index (χ4v) is 3.11. The van der Waals surface area contributed by atoms with E-state index in [-0.39, 0.29) is 5.91 Å². The maximum Gasteiger partial charge on any atom is 0.292 e. The first-order valence-electron chi connectivity index (χ1n) is 7.65. The van der Waals surface area contributed by atoms with Crippen LogP contribution in [0.25, 0.3) is 6.08 Å². The Morgan fingerprint density at radius 2 is 2.14 bits per heavy atom. The molecule has 1 unspecified atom stereocenters. The first kappa shape index (κ1) is 14.7. The van der Waals surface area contributed by atoms with Gasteiger partial charge in [-0.3, -0.25) is 9.69 Å². The highest BCUT2D eigenvalue weighted by atomic mass is 16.5. The van der Waals surface area contributed by atoms with E-state index in [1.807, 2.05) is 45.3 Å². The van der Waals surface area contributed by atoms with Crippen LogP contribution < -0.4 is 4.90 Å². The van der Waals surface area contributed by atoms with E-state index >= 15 is 0 Å². The molecule has 1 saturated heterocycles. The number of hydrogen-bond acceptors (Lipinski definition) is 3. The lowest BCUT2D eigenvalue weighted by Gasteiger charge is -2.36. The first-order chi connectivity index (χ1) is 10.5. The number of amides is 1. The van der Waals surface area contributed by atoms with E-state index in [1.165, 1.54) is 11.3 Å². The molecule has 0 bridgehead atoms. The molecule has 0 radical (unpaired) electrons. The summed E-state index contributed by atoms with van der Waals surface area (Å²) < 4.78 is 5.96. The number of aryl methyl sites for hydroxylation is 1. The maximum absolute atomic E-state index is 12.5. The number of anilines is 1. The van der Waals surface area contributed by atoms with Gasteiger partial charge in [0, 0.05) is 32.7 Å². The standard InChI is InChI=1S/C18H22N2O2/c1-5-20-17(21)16(22-18(20)9-6-10-18)12-14-7-8-15(19(3)4)13(2)11-14/h6-9,11-12H,5,10H2,1-4H3/b16-12+. The van der Waals surface area contributed by atoms with E-state index in [1.54, 1.807) is 4.90 Å². The first-order valence-corrected chi connectivity index (χ1v) is 7.65. The zero-order valence-electron chi connectivity index (χ0n) is 13.6. The molecule has 1 aliphatic carbocycles. The van der Waals surface area contributed by atoms with Crippen molar-refractivity contribution in [1.82, 2.24) is 4.90 Å². The highest BCUT2D eigenvalue weighted by Gasteiger charge is 2.50. The number of hydrogen-bond donors (Lipinski definition) is 0. The van der Waals surface area contributed by atoms with Gasteiger partial charge in [-0.15, -0.1) is 0 Å². The Morgan fingerprint density at radius 1 is 1.41 bits per heavy atom. The van der Waals surface area contributed by atoms with Gasteiger partial charge in [-0.1, -0.05) is 12.1 Å². The average molecular weight is 298 g/mol. The Bertz CT molecular complexity index is 676. The number of benzene rings is 1. The molecule has 2 aliphatic rings. The molecule has 1 aromatic rings. The van der Waals surface area contributed by atoms with Crippen LogP contribution in [0.3, 0.4) is 0 Å². The number of carbonyl (C=O) groups excluding carboxylic acids is 1. The molecule has 1 aromatic carbocycles. The van der Waals surface area contributed by atoms with E-state index in [2.05, 4.69) is 24.0 Å². The molecule has 1 amide bonds. The Labute approximate surface area is 131 Å². The predicted molar refractivity (Wildman–Crippen MR) is 88.4 cm³/mol. The van der Waals surface area contributed by atoms with Gasteiger partial charge in [0.1, 0.15) is 0 Å². The summed E-state index contributed by atoms with van der Waals surface area (Å²) in [5.74, 6) is 0.407. The molecule has 1 spiro atoms. The molecule has 22 heavy (non-hydrogen) atoms. The van der Waals surface area contributed by atoms with Gasteiger partial charge in [-0.2, -0.15) is 0 Å². The Balaban J connectivity index is 1.91. The van der Waals surface area contributed by atoms with Crippen molar-refractivity contribution in [3.8, 4) is 0 Å². The summed E-state index contributed by atoms with van der Waals surface area (Å²) in [5, 5.41) is 0. The Kier molecular flexibility index (Phi) is 3.47. The minimum Gasteiger partial charge on any atom is -0.458 e. The zero-order chi connectivity index (χ0) is 15.9. The van der Waals surface area contributed by atoms with E-state index in [9.17, 15) is 4.79 Å². The maximum atomic E-state index is 12.5. The lowest BCUT2D eigenvalue weighted by Crippen LogP contribution is -2.48. The minimum atomic E-state index is -0.531. The van der Waals surface area contributed by atoms with Crippen molar-refractivity contribution in [3.63, 3.8) is 0 Å². The number of likely N-dealkylation sites (N-methyl/N-ethyl adjacent to an activating group) is 1. The second-order valence-corrected chi connectivity index (χ2v) is 6.05. The van der Waals surface area contributed by atoms with Crippen molar-refractivity contribution in [2.24, 2.45) is 0 Å². The van der Waals surface area contributed by atoms with Gasteiger partial charge in [-0.25, -0.2) is 0 Å². The fourth-order valence-electron chi connectivity index (χ4n) is 3.11. The van der Waals surface area contributed by atoms with Gasteiger partial charge in [0.05, 0.1) is 0 Å². The summed E-state index contributed by atoms with van der Waals surface area (Å²) in [7, 11) is 4.05. The van der Waals surface area contributed by atoms with E-state index in [0.717, 1.165) is 12.0 Å². The fraction of sp³-hybridized carbons (Fsp3) is 0.389. The molecule has 3 rings (SSSR count). The number of carbonyl (C=O) groups is 1. The largest absolute Gasteiger partial charge is 0.458 e. The normalized spacial score (nSPS) is 24.8. The lowest BCUT2D eigenvalue weighted by atomic mass is 9.98. The predicted octanol–water partition coefficient (Wildman–Crippen LogP) is 2.94. The molecular formula is C18H22N2O2. The third-order valence-electron chi connectivity index (χ3n) is 4.30. The van der Waals surface area contributed by atoms with Crippen LogP contribution in [0.4, 0.5) is 5.69 Å². The summed E-state index contributed by atoms with van der Waals surface area (Å²) in [6, 6.07) is 6.17. The number of nitrogens with zero attached hydrogens (tertiary/aromatic N) is 2. The molecule has 4 heteroatoms. The highest BCUT2D eigenvalue weighted by molar-refractivity contribution is 5.98. The van der Waals surface area contributed by atoms with E-state index in [4.69, 9.17) is 4.74 Å². The van der Waals surface area contributed by atoms with Gasteiger partial charge < -0.3 is 9.64 Å². The van der Waals surface area contributed by atoms with Gasteiger partial charge in [-0.05, 0) is 49.3 Å². The Morgan fingerprint density at radius 3 is 2.59 bits per heavy atom. The number of rotatable bonds is 3. The summed E-state index contributed by atoms with van der Waals surface area (Å²) in [6.45, 7) is 4.70. The quantitative estimate of drug-likeness (QED) is 0.635. The zero-order valence-corrected chi connectivity index (χ0v) is 13.6. The molecule has 1 heterocycles. The highest BCUT2D eigenvalue weighted by Crippen LogP contribution is 2.40.